The molecule has 0 saturated heterocycles. The minimum absolute atomic E-state index is 0.0533. The highest BCUT2D eigenvalue weighted by Crippen LogP contribution is 2.28. The molecule has 0 bridgehead atoms. The third-order valence-corrected chi connectivity index (χ3v) is 4.10. The van der Waals surface area contributed by atoms with Gasteiger partial charge in [-0.2, -0.15) is 8.78 Å². The van der Waals surface area contributed by atoms with Crippen LogP contribution in [0, 0.1) is 6.92 Å². The molecule has 1 N–H and O–H groups in total. The number of aryl methyl sites for hydroxylation is 1. The second-order valence-corrected chi connectivity index (χ2v) is 5.88. The standard InChI is InChI=1S/C14H14ClF2N3S/c1-8(20-13-12(15)9(2)18-7-19-13)10-3-5-11(6-4-10)21-14(16)17/h3-8,14H,1-2H3,(H,18,19,20). The van der Waals surface area contributed by atoms with E-state index in [1.807, 2.05) is 19.1 Å². The average Bonchev–Trinajstić information content (AvgIpc) is 2.44. The van der Waals surface area contributed by atoms with Gasteiger partial charge in [0.05, 0.1) is 5.69 Å². The summed E-state index contributed by atoms with van der Waals surface area (Å²) in [6, 6.07) is 6.92. The number of halogens is 3. The monoisotopic (exact) mass is 329 g/mol. The van der Waals surface area contributed by atoms with Crippen LogP contribution in [0.5, 0.6) is 0 Å². The van der Waals surface area contributed by atoms with Crippen molar-refractivity contribution in [3.63, 3.8) is 0 Å². The lowest BCUT2D eigenvalue weighted by molar-refractivity contribution is 0.252. The molecular formula is C14H14ClF2N3S. The highest BCUT2D eigenvalue weighted by molar-refractivity contribution is 7.99. The van der Waals surface area contributed by atoms with E-state index >= 15 is 0 Å². The Bertz CT molecular complexity index is 608. The van der Waals surface area contributed by atoms with Crippen LogP contribution in [-0.4, -0.2) is 15.7 Å². The number of hydrogen-bond donors (Lipinski definition) is 1. The first kappa shape index (κ1) is 16.0. The van der Waals surface area contributed by atoms with Gasteiger partial charge in [-0.05, 0) is 31.5 Å². The zero-order chi connectivity index (χ0) is 15.4. The van der Waals surface area contributed by atoms with Gasteiger partial charge in [0.2, 0.25) is 0 Å². The van der Waals surface area contributed by atoms with Crippen molar-refractivity contribution in [3.05, 3.63) is 46.9 Å². The second-order valence-electron chi connectivity index (χ2n) is 4.44. The fourth-order valence-electron chi connectivity index (χ4n) is 1.78. The van der Waals surface area contributed by atoms with Crippen LogP contribution in [0.25, 0.3) is 0 Å². The lowest BCUT2D eigenvalue weighted by Gasteiger charge is -2.16. The van der Waals surface area contributed by atoms with E-state index in [2.05, 4.69) is 15.3 Å². The summed E-state index contributed by atoms with van der Waals surface area (Å²) in [5, 5.41) is 3.67. The first-order chi connectivity index (χ1) is 9.97. The molecule has 1 aromatic carbocycles. The van der Waals surface area contributed by atoms with E-state index in [9.17, 15) is 8.78 Å². The Morgan fingerprint density at radius 2 is 1.86 bits per heavy atom. The van der Waals surface area contributed by atoms with Crippen molar-refractivity contribution in [1.82, 2.24) is 9.97 Å². The number of hydrogen-bond acceptors (Lipinski definition) is 4. The summed E-state index contributed by atoms with van der Waals surface area (Å²) in [6.45, 7) is 3.75. The largest absolute Gasteiger partial charge is 0.362 e. The van der Waals surface area contributed by atoms with Crippen LogP contribution in [0.2, 0.25) is 5.02 Å². The van der Waals surface area contributed by atoms with E-state index in [0.717, 1.165) is 5.56 Å². The Morgan fingerprint density at radius 3 is 2.48 bits per heavy atom. The molecule has 2 rings (SSSR count). The van der Waals surface area contributed by atoms with Gasteiger partial charge in [0.25, 0.3) is 5.76 Å². The molecule has 0 aliphatic carbocycles. The number of benzene rings is 1. The van der Waals surface area contributed by atoms with Crippen LogP contribution in [0.1, 0.15) is 24.2 Å². The number of alkyl halides is 2. The van der Waals surface area contributed by atoms with Crippen LogP contribution >= 0.6 is 23.4 Å². The molecule has 2 aromatic rings. The van der Waals surface area contributed by atoms with E-state index < -0.39 is 5.76 Å². The summed E-state index contributed by atoms with van der Waals surface area (Å²) in [5.41, 5.74) is 1.66. The lowest BCUT2D eigenvalue weighted by Crippen LogP contribution is -2.09. The molecular weight excluding hydrogens is 316 g/mol. The molecule has 21 heavy (non-hydrogen) atoms. The summed E-state index contributed by atoms with van der Waals surface area (Å²) in [7, 11) is 0. The van der Waals surface area contributed by atoms with E-state index in [1.54, 1.807) is 19.1 Å². The maximum Gasteiger partial charge on any atom is 0.288 e. The maximum atomic E-state index is 12.3. The van der Waals surface area contributed by atoms with Gasteiger partial charge >= 0.3 is 0 Å². The average molecular weight is 330 g/mol. The molecule has 0 spiro atoms. The fraction of sp³-hybridized carbons (Fsp3) is 0.286. The number of anilines is 1. The third kappa shape index (κ3) is 4.28. The smallest absolute Gasteiger partial charge is 0.288 e. The number of aromatic nitrogens is 2. The quantitative estimate of drug-likeness (QED) is 0.790. The Balaban J connectivity index is 2.09. The van der Waals surface area contributed by atoms with Crippen molar-refractivity contribution >= 4 is 29.2 Å². The van der Waals surface area contributed by atoms with Crippen molar-refractivity contribution in [2.75, 3.05) is 5.32 Å². The normalized spacial score (nSPS) is 12.5. The van der Waals surface area contributed by atoms with Crippen molar-refractivity contribution in [1.29, 1.82) is 0 Å². The molecule has 0 fully saturated rings. The van der Waals surface area contributed by atoms with E-state index in [0.29, 0.717) is 33.2 Å². The van der Waals surface area contributed by atoms with Crippen LogP contribution < -0.4 is 5.32 Å². The van der Waals surface area contributed by atoms with Gasteiger partial charge < -0.3 is 5.32 Å². The Labute approximate surface area is 131 Å². The number of rotatable bonds is 5. The molecule has 1 heterocycles. The molecule has 0 saturated carbocycles. The SMILES string of the molecule is Cc1ncnc(NC(C)c2ccc(SC(F)F)cc2)c1Cl. The van der Waals surface area contributed by atoms with Crippen molar-refractivity contribution in [2.45, 2.75) is 30.5 Å². The summed E-state index contributed by atoms with van der Waals surface area (Å²) < 4.78 is 24.5. The van der Waals surface area contributed by atoms with Gasteiger partial charge in [0, 0.05) is 10.9 Å². The molecule has 1 atom stereocenters. The van der Waals surface area contributed by atoms with Gasteiger partial charge in [-0.15, -0.1) is 0 Å². The first-order valence-corrected chi connectivity index (χ1v) is 7.51. The molecule has 1 aromatic heterocycles. The van der Waals surface area contributed by atoms with E-state index in [-0.39, 0.29) is 6.04 Å². The molecule has 112 valence electrons. The molecule has 3 nitrogen and oxygen atoms in total. The van der Waals surface area contributed by atoms with Crippen molar-refractivity contribution in [3.8, 4) is 0 Å². The predicted molar refractivity (Wildman–Crippen MR) is 82.1 cm³/mol. The fourth-order valence-corrected chi connectivity index (χ4v) is 2.44. The van der Waals surface area contributed by atoms with Gasteiger partial charge in [0.15, 0.2) is 0 Å². The number of nitrogens with one attached hydrogen (secondary N) is 1. The molecule has 1 unspecified atom stereocenters. The number of thioether (sulfide) groups is 1. The Hall–Kier alpha value is -1.40. The summed E-state index contributed by atoms with van der Waals surface area (Å²) >= 11 is 6.66. The zero-order valence-electron chi connectivity index (χ0n) is 11.5. The summed E-state index contributed by atoms with van der Waals surface area (Å²) in [5.74, 6) is -1.85. The molecule has 0 radical (unpaired) electrons. The maximum absolute atomic E-state index is 12.3. The van der Waals surface area contributed by atoms with Gasteiger partial charge in [0.1, 0.15) is 17.2 Å². The molecule has 7 heteroatoms. The summed E-state index contributed by atoms with van der Waals surface area (Å²) in [4.78, 5) is 8.64. The van der Waals surface area contributed by atoms with Crippen LogP contribution in [0.4, 0.5) is 14.6 Å². The predicted octanol–water partition coefficient (Wildman–Crippen LogP) is 4.93. The van der Waals surface area contributed by atoms with E-state index in [4.69, 9.17) is 11.6 Å². The van der Waals surface area contributed by atoms with Crippen molar-refractivity contribution in [2.24, 2.45) is 0 Å². The van der Waals surface area contributed by atoms with Gasteiger partial charge in [-0.25, -0.2) is 9.97 Å². The third-order valence-electron chi connectivity index (χ3n) is 2.92. The topological polar surface area (TPSA) is 37.8 Å². The van der Waals surface area contributed by atoms with Gasteiger partial charge in [-0.1, -0.05) is 35.5 Å². The van der Waals surface area contributed by atoms with Crippen LogP contribution in [-0.2, 0) is 0 Å². The molecule has 0 aliphatic rings. The van der Waals surface area contributed by atoms with Crippen LogP contribution in [0.3, 0.4) is 0 Å². The highest BCUT2D eigenvalue weighted by Gasteiger charge is 2.11. The highest BCUT2D eigenvalue weighted by atomic mass is 35.5. The Morgan fingerprint density at radius 1 is 1.19 bits per heavy atom. The van der Waals surface area contributed by atoms with Crippen LogP contribution in [0.15, 0.2) is 35.5 Å². The summed E-state index contributed by atoms with van der Waals surface area (Å²) in [6.07, 6.45) is 1.44. The molecule has 0 aliphatic heterocycles. The minimum atomic E-state index is -2.41. The van der Waals surface area contributed by atoms with Crippen molar-refractivity contribution < 1.29 is 8.78 Å². The zero-order valence-corrected chi connectivity index (χ0v) is 13.1. The number of nitrogens with zero attached hydrogens (tertiary/aromatic N) is 2. The lowest BCUT2D eigenvalue weighted by atomic mass is 10.1. The second kappa shape index (κ2) is 7.04. The first-order valence-electron chi connectivity index (χ1n) is 6.25. The minimum Gasteiger partial charge on any atom is -0.362 e. The Kier molecular flexibility index (Phi) is 5.36. The van der Waals surface area contributed by atoms with E-state index in [1.165, 1.54) is 6.33 Å². The van der Waals surface area contributed by atoms with Gasteiger partial charge in [-0.3, -0.25) is 0 Å². The molecule has 0 amide bonds.